The summed E-state index contributed by atoms with van der Waals surface area (Å²) >= 11 is 0. The van der Waals surface area contributed by atoms with Gasteiger partial charge in [0.15, 0.2) is 5.82 Å². The zero-order valence-corrected chi connectivity index (χ0v) is 19.0. The van der Waals surface area contributed by atoms with E-state index < -0.39 is 10.0 Å². The molecular formula is C21H32N4O3S. The molecule has 0 aliphatic carbocycles. The molecule has 29 heavy (non-hydrogen) atoms. The third kappa shape index (κ3) is 4.70. The fourth-order valence-corrected chi connectivity index (χ4v) is 5.80. The smallest absolute Gasteiger partial charge is 0.243 e. The Hall–Kier alpha value is -1.77. The Balaban J connectivity index is 1.67. The van der Waals surface area contributed by atoms with Gasteiger partial charge < -0.3 is 4.52 Å². The van der Waals surface area contributed by atoms with Crippen LogP contribution in [0.5, 0.6) is 0 Å². The maximum Gasteiger partial charge on any atom is 0.243 e. The Morgan fingerprint density at radius 1 is 1.03 bits per heavy atom. The lowest BCUT2D eigenvalue weighted by molar-refractivity contribution is 0.163. The van der Waals surface area contributed by atoms with Gasteiger partial charge in [0.1, 0.15) is 0 Å². The van der Waals surface area contributed by atoms with Crippen molar-refractivity contribution in [3.05, 3.63) is 40.0 Å². The number of aryl methyl sites for hydroxylation is 3. The Labute approximate surface area is 174 Å². The predicted octanol–water partition coefficient (Wildman–Crippen LogP) is 3.15. The largest absolute Gasteiger partial charge is 0.338 e. The lowest BCUT2D eigenvalue weighted by Gasteiger charge is -2.34. The molecule has 7 nitrogen and oxygen atoms in total. The van der Waals surface area contributed by atoms with Crippen LogP contribution in [0.25, 0.3) is 0 Å². The molecule has 1 saturated heterocycles. The van der Waals surface area contributed by atoms with E-state index in [1.165, 1.54) is 0 Å². The number of hydrogen-bond acceptors (Lipinski definition) is 6. The SMILES string of the molecule is CCCCc1noc(CN2CCN(S(=O)(=O)c3c(C)c(C)cc(C)c3C)CC2)n1. The topological polar surface area (TPSA) is 79.5 Å². The highest BCUT2D eigenvalue weighted by atomic mass is 32.2. The number of hydrogen-bond donors (Lipinski definition) is 0. The molecule has 0 spiro atoms. The molecule has 1 aromatic carbocycles. The Bertz CT molecular complexity index is 934. The minimum absolute atomic E-state index is 0.463. The van der Waals surface area contributed by atoms with Gasteiger partial charge in [-0.15, -0.1) is 0 Å². The minimum Gasteiger partial charge on any atom is -0.338 e. The molecule has 0 atom stereocenters. The molecule has 0 N–H and O–H groups in total. The van der Waals surface area contributed by atoms with Crippen molar-refractivity contribution in [1.82, 2.24) is 19.3 Å². The Kier molecular flexibility index (Phi) is 6.76. The van der Waals surface area contributed by atoms with Crippen LogP contribution in [0.4, 0.5) is 0 Å². The van der Waals surface area contributed by atoms with E-state index in [0.29, 0.717) is 43.5 Å². The van der Waals surface area contributed by atoms with Gasteiger partial charge in [0, 0.05) is 32.6 Å². The van der Waals surface area contributed by atoms with Crippen LogP contribution < -0.4 is 0 Å². The van der Waals surface area contributed by atoms with E-state index in [1.807, 2.05) is 27.7 Å². The molecule has 0 amide bonds. The second kappa shape index (κ2) is 8.93. The molecule has 1 aromatic heterocycles. The molecule has 1 aliphatic rings. The van der Waals surface area contributed by atoms with Gasteiger partial charge in [-0.25, -0.2) is 8.42 Å². The number of rotatable bonds is 7. The van der Waals surface area contributed by atoms with Gasteiger partial charge in [0.25, 0.3) is 0 Å². The maximum absolute atomic E-state index is 13.4. The summed E-state index contributed by atoms with van der Waals surface area (Å²) in [7, 11) is -3.52. The lowest BCUT2D eigenvalue weighted by atomic mass is 10.0. The third-order valence-corrected chi connectivity index (χ3v) is 8.02. The zero-order valence-electron chi connectivity index (χ0n) is 18.2. The van der Waals surface area contributed by atoms with Crippen molar-refractivity contribution in [2.45, 2.75) is 65.3 Å². The Morgan fingerprint density at radius 2 is 1.66 bits per heavy atom. The van der Waals surface area contributed by atoms with Gasteiger partial charge in [0.05, 0.1) is 11.4 Å². The molecule has 1 fully saturated rings. The predicted molar refractivity (Wildman–Crippen MR) is 112 cm³/mol. The van der Waals surface area contributed by atoms with Gasteiger partial charge in [-0.05, 0) is 56.4 Å². The third-order valence-electron chi connectivity index (χ3n) is 5.85. The molecule has 0 saturated carbocycles. The highest BCUT2D eigenvalue weighted by Gasteiger charge is 2.32. The molecule has 0 bridgehead atoms. The fraction of sp³-hybridized carbons (Fsp3) is 0.619. The van der Waals surface area contributed by atoms with Crippen LogP contribution in [0.3, 0.4) is 0 Å². The second-order valence-electron chi connectivity index (χ2n) is 7.98. The molecule has 8 heteroatoms. The van der Waals surface area contributed by atoms with Crippen LogP contribution in [-0.4, -0.2) is 53.9 Å². The van der Waals surface area contributed by atoms with E-state index in [2.05, 4.69) is 28.0 Å². The molecule has 160 valence electrons. The first-order valence-corrected chi connectivity index (χ1v) is 11.8. The van der Waals surface area contributed by atoms with Crippen LogP contribution in [-0.2, 0) is 23.0 Å². The van der Waals surface area contributed by atoms with Crippen LogP contribution in [0, 0.1) is 27.7 Å². The summed E-state index contributed by atoms with van der Waals surface area (Å²) in [5, 5.41) is 4.03. The molecule has 3 rings (SSSR count). The number of aromatic nitrogens is 2. The van der Waals surface area contributed by atoms with E-state index >= 15 is 0 Å². The van der Waals surface area contributed by atoms with E-state index in [-0.39, 0.29) is 0 Å². The number of unbranched alkanes of at least 4 members (excludes halogenated alkanes) is 1. The molecule has 0 radical (unpaired) electrons. The van der Waals surface area contributed by atoms with Crippen molar-refractivity contribution in [1.29, 1.82) is 0 Å². The van der Waals surface area contributed by atoms with Crippen LogP contribution in [0.1, 0.15) is 53.7 Å². The van der Waals surface area contributed by atoms with Crippen molar-refractivity contribution >= 4 is 10.0 Å². The number of piperazine rings is 1. The summed E-state index contributed by atoms with van der Waals surface area (Å²) in [5.74, 6) is 1.36. The van der Waals surface area contributed by atoms with Gasteiger partial charge >= 0.3 is 0 Å². The first-order valence-electron chi connectivity index (χ1n) is 10.4. The summed E-state index contributed by atoms with van der Waals surface area (Å²) in [6, 6.07) is 2.06. The maximum atomic E-state index is 13.4. The normalized spacial score (nSPS) is 16.4. The van der Waals surface area contributed by atoms with E-state index in [4.69, 9.17) is 4.52 Å². The van der Waals surface area contributed by atoms with Gasteiger partial charge in [0.2, 0.25) is 15.9 Å². The average Bonchev–Trinajstić information content (AvgIpc) is 3.12. The van der Waals surface area contributed by atoms with E-state index in [0.717, 1.165) is 47.3 Å². The molecule has 1 aliphatic heterocycles. The summed E-state index contributed by atoms with van der Waals surface area (Å²) in [6.45, 7) is 12.7. The van der Waals surface area contributed by atoms with Crippen molar-refractivity contribution in [3.8, 4) is 0 Å². The zero-order chi connectivity index (χ0) is 21.2. The molecule has 0 unspecified atom stereocenters. The standard InChI is InChI=1S/C21H32N4O3S/c1-6-7-8-19-22-20(28-23-19)14-24-9-11-25(12-10-24)29(26,27)21-17(4)15(2)13-16(3)18(21)5/h13H,6-12,14H2,1-5H3. The fourth-order valence-electron chi connectivity index (χ4n) is 3.81. The summed E-state index contributed by atoms with van der Waals surface area (Å²) in [6.07, 6.45) is 2.98. The molecular weight excluding hydrogens is 388 g/mol. The summed E-state index contributed by atoms with van der Waals surface area (Å²) in [4.78, 5) is 7.09. The average molecular weight is 421 g/mol. The van der Waals surface area contributed by atoms with Crippen molar-refractivity contribution in [3.63, 3.8) is 0 Å². The number of benzene rings is 1. The monoisotopic (exact) mass is 420 g/mol. The quantitative estimate of drug-likeness (QED) is 0.685. The first-order chi connectivity index (χ1) is 13.7. The highest BCUT2D eigenvalue weighted by molar-refractivity contribution is 7.89. The van der Waals surface area contributed by atoms with Crippen molar-refractivity contribution < 1.29 is 12.9 Å². The van der Waals surface area contributed by atoms with Crippen molar-refractivity contribution in [2.24, 2.45) is 0 Å². The molecule has 2 aromatic rings. The summed E-state index contributed by atoms with van der Waals surface area (Å²) < 4.78 is 33.7. The second-order valence-corrected chi connectivity index (χ2v) is 9.85. The van der Waals surface area contributed by atoms with Gasteiger partial charge in [-0.3, -0.25) is 4.90 Å². The van der Waals surface area contributed by atoms with Crippen LogP contribution in [0.2, 0.25) is 0 Å². The van der Waals surface area contributed by atoms with Crippen LogP contribution in [0.15, 0.2) is 15.5 Å². The van der Waals surface area contributed by atoms with Gasteiger partial charge in [-0.2, -0.15) is 9.29 Å². The van der Waals surface area contributed by atoms with Crippen molar-refractivity contribution in [2.75, 3.05) is 26.2 Å². The van der Waals surface area contributed by atoms with Crippen LogP contribution >= 0.6 is 0 Å². The number of nitrogens with zero attached hydrogens (tertiary/aromatic N) is 4. The van der Waals surface area contributed by atoms with E-state index in [1.54, 1.807) is 4.31 Å². The Morgan fingerprint density at radius 3 is 2.24 bits per heavy atom. The van der Waals surface area contributed by atoms with E-state index in [9.17, 15) is 8.42 Å². The summed E-state index contributed by atoms with van der Waals surface area (Å²) in [5.41, 5.74) is 3.73. The first kappa shape index (κ1) is 21.9. The van der Waals surface area contributed by atoms with Gasteiger partial charge in [-0.1, -0.05) is 24.6 Å². The molecule has 2 heterocycles. The lowest BCUT2D eigenvalue weighted by Crippen LogP contribution is -2.48. The highest BCUT2D eigenvalue weighted by Crippen LogP contribution is 2.29. The minimum atomic E-state index is -3.52. The number of sulfonamides is 1.